The van der Waals surface area contributed by atoms with Gasteiger partial charge in [0.1, 0.15) is 6.10 Å². The lowest BCUT2D eigenvalue weighted by atomic mass is 10.1. The molecule has 1 amide bonds. The minimum atomic E-state index is -0.175. The largest absolute Gasteiger partial charge is 0.372 e. The summed E-state index contributed by atoms with van der Waals surface area (Å²) in [4.78, 5) is 17.9. The summed E-state index contributed by atoms with van der Waals surface area (Å²) >= 11 is 7.88. The highest BCUT2D eigenvalue weighted by molar-refractivity contribution is 7.10. The molecule has 0 radical (unpaired) electrons. The minimum Gasteiger partial charge on any atom is -0.372 e. The first-order valence-corrected chi connectivity index (χ1v) is 9.69. The number of hydrogen-bond donors (Lipinski definition) is 1. The number of fused-ring (bicyclic) bond motifs is 1. The van der Waals surface area contributed by atoms with Crippen molar-refractivity contribution in [2.45, 2.75) is 25.5 Å². The molecule has 1 N–H and O–H groups in total. The molecule has 134 valence electrons. The van der Waals surface area contributed by atoms with Gasteiger partial charge in [0.25, 0.3) is 0 Å². The van der Waals surface area contributed by atoms with Crippen LogP contribution in [0.4, 0.5) is 5.95 Å². The summed E-state index contributed by atoms with van der Waals surface area (Å²) in [5, 5.41) is 5.64. The first-order chi connectivity index (χ1) is 12.7. The molecule has 3 heterocycles. The Morgan fingerprint density at radius 1 is 1.38 bits per heavy atom. The molecule has 7 heteroatoms. The van der Waals surface area contributed by atoms with Crippen LogP contribution in [0.5, 0.6) is 0 Å². The van der Waals surface area contributed by atoms with Crippen molar-refractivity contribution >= 4 is 34.8 Å². The van der Waals surface area contributed by atoms with Crippen molar-refractivity contribution in [1.29, 1.82) is 0 Å². The zero-order valence-corrected chi connectivity index (χ0v) is 15.6. The molecular formula is C19H18ClN3O2S. The second-order valence-corrected chi connectivity index (χ2v) is 7.50. The number of nitrogens with one attached hydrogen (secondary N) is 1. The molecule has 3 aromatic rings. The van der Waals surface area contributed by atoms with Gasteiger partial charge in [0, 0.05) is 22.3 Å². The Kier molecular flexibility index (Phi) is 5.06. The molecular weight excluding hydrogens is 370 g/mol. The molecule has 0 saturated carbocycles. The van der Waals surface area contributed by atoms with Gasteiger partial charge < -0.3 is 9.30 Å². The number of imidazole rings is 1. The Hall–Kier alpha value is -2.15. The maximum atomic E-state index is 12.5. The number of thiophene rings is 1. The summed E-state index contributed by atoms with van der Waals surface area (Å²) in [6.45, 7) is 1.20. The van der Waals surface area contributed by atoms with Crippen LogP contribution in [-0.2, 0) is 22.5 Å². The number of carbonyl (C=O) groups excluding carboxylic acids is 1. The van der Waals surface area contributed by atoms with E-state index in [-0.39, 0.29) is 18.4 Å². The van der Waals surface area contributed by atoms with Crippen molar-refractivity contribution in [3.8, 4) is 0 Å². The highest BCUT2D eigenvalue weighted by Gasteiger charge is 2.25. The van der Waals surface area contributed by atoms with E-state index >= 15 is 0 Å². The van der Waals surface area contributed by atoms with E-state index < -0.39 is 0 Å². The van der Waals surface area contributed by atoms with E-state index in [0.717, 1.165) is 16.9 Å². The van der Waals surface area contributed by atoms with Crippen LogP contribution in [0.25, 0.3) is 0 Å². The molecule has 1 aliphatic rings. The molecule has 0 aliphatic carbocycles. The third-order valence-electron chi connectivity index (χ3n) is 4.40. The van der Waals surface area contributed by atoms with Crippen LogP contribution in [0.3, 0.4) is 0 Å². The zero-order chi connectivity index (χ0) is 17.9. The molecule has 4 rings (SSSR count). The number of carbonyl (C=O) groups is 1. The van der Waals surface area contributed by atoms with Crippen LogP contribution in [0.2, 0.25) is 5.02 Å². The van der Waals surface area contributed by atoms with Crippen molar-refractivity contribution in [1.82, 2.24) is 9.55 Å². The van der Waals surface area contributed by atoms with Gasteiger partial charge in [0.2, 0.25) is 11.9 Å². The van der Waals surface area contributed by atoms with Crippen molar-refractivity contribution < 1.29 is 9.53 Å². The number of benzene rings is 1. The fourth-order valence-corrected chi connectivity index (χ4v) is 4.29. The summed E-state index contributed by atoms with van der Waals surface area (Å²) in [6, 6.07) is 9.76. The van der Waals surface area contributed by atoms with Crippen molar-refractivity contribution in [2.24, 2.45) is 0 Å². The van der Waals surface area contributed by atoms with E-state index in [0.29, 0.717) is 24.1 Å². The molecule has 1 aliphatic heterocycles. The second-order valence-electron chi connectivity index (χ2n) is 6.14. The van der Waals surface area contributed by atoms with Gasteiger partial charge in [0.05, 0.1) is 19.6 Å². The quantitative estimate of drug-likeness (QED) is 0.710. The monoisotopic (exact) mass is 387 g/mol. The number of amides is 1. The van der Waals surface area contributed by atoms with Crippen molar-refractivity contribution in [3.05, 3.63) is 69.1 Å². The topological polar surface area (TPSA) is 56.1 Å². The summed E-state index contributed by atoms with van der Waals surface area (Å²) in [5.41, 5.74) is 2.26. The Morgan fingerprint density at radius 2 is 2.27 bits per heavy atom. The van der Waals surface area contributed by atoms with Gasteiger partial charge in [-0.05, 0) is 35.1 Å². The molecule has 2 aromatic heterocycles. The van der Waals surface area contributed by atoms with E-state index in [1.807, 2.05) is 35.0 Å². The molecule has 0 bridgehead atoms. The number of rotatable bonds is 5. The lowest BCUT2D eigenvalue weighted by Gasteiger charge is -2.22. The Bertz CT molecular complexity index is 921. The van der Waals surface area contributed by atoms with Gasteiger partial charge in [-0.1, -0.05) is 29.8 Å². The number of halogens is 1. The molecule has 1 atom stereocenters. The zero-order valence-electron chi connectivity index (χ0n) is 14.0. The third-order valence-corrected chi connectivity index (χ3v) is 5.82. The lowest BCUT2D eigenvalue weighted by molar-refractivity contribution is -0.119. The van der Waals surface area contributed by atoms with Crippen LogP contribution in [0.15, 0.2) is 48.1 Å². The van der Waals surface area contributed by atoms with Gasteiger partial charge >= 0.3 is 0 Å². The van der Waals surface area contributed by atoms with Crippen LogP contribution in [0, 0.1) is 0 Å². The van der Waals surface area contributed by atoms with Crippen molar-refractivity contribution in [2.75, 3.05) is 11.9 Å². The molecule has 0 saturated heterocycles. The van der Waals surface area contributed by atoms with E-state index in [4.69, 9.17) is 16.3 Å². The average Bonchev–Trinajstić information content (AvgIpc) is 3.27. The SMILES string of the molecule is O=C(C[C@H]1OCCc2ccsc21)Nc1nccn1Cc1ccccc1Cl. The highest BCUT2D eigenvalue weighted by Crippen LogP contribution is 2.34. The van der Waals surface area contributed by atoms with Gasteiger partial charge in [0.15, 0.2) is 0 Å². The Morgan fingerprint density at radius 3 is 3.15 bits per heavy atom. The van der Waals surface area contributed by atoms with Crippen LogP contribution in [-0.4, -0.2) is 22.1 Å². The van der Waals surface area contributed by atoms with Gasteiger partial charge in [-0.2, -0.15) is 0 Å². The van der Waals surface area contributed by atoms with E-state index in [1.165, 1.54) is 5.56 Å². The van der Waals surface area contributed by atoms with Gasteiger partial charge in [-0.15, -0.1) is 11.3 Å². The smallest absolute Gasteiger partial charge is 0.229 e. The second kappa shape index (κ2) is 7.61. The summed E-state index contributed by atoms with van der Waals surface area (Å²) < 4.78 is 7.67. The minimum absolute atomic E-state index is 0.108. The predicted molar refractivity (Wildman–Crippen MR) is 103 cm³/mol. The molecule has 1 aromatic carbocycles. The molecule has 0 fully saturated rings. The Balaban J connectivity index is 1.43. The molecule has 26 heavy (non-hydrogen) atoms. The van der Waals surface area contributed by atoms with Crippen LogP contribution < -0.4 is 5.32 Å². The highest BCUT2D eigenvalue weighted by atomic mass is 35.5. The molecule has 0 unspecified atom stereocenters. The summed E-state index contributed by atoms with van der Waals surface area (Å²) in [5.74, 6) is 0.403. The summed E-state index contributed by atoms with van der Waals surface area (Å²) in [7, 11) is 0. The molecule has 0 spiro atoms. The number of hydrogen-bond acceptors (Lipinski definition) is 4. The maximum absolute atomic E-state index is 12.5. The van der Waals surface area contributed by atoms with Crippen LogP contribution >= 0.6 is 22.9 Å². The van der Waals surface area contributed by atoms with Crippen LogP contribution in [0.1, 0.15) is 28.5 Å². The van der Waals surface area contributed by atoms with Gasteiger partial charge in [-0.3, -0.25) is 10.1 Å². The van der Waals surface area contributed by atoms with E-state index in [9.17, 15) is 4.79 Å². The normalized spacial score (nSPS) is 16.3. The fourth-order valence-electron chi connectivity index (χ4n) is 3.09. The van der Waals surface area contributed by atoms with Gasteiger partial charge in [-0.25, -0.2) is 4.98 Å². The number of nitrogens with zero attached hydrogens (tertiary/aromatic N) is 2. The standard InChI is InChI=1S/C19H18ClN3O2S/c20-15-4-2-1-3-14(15)12-23-8-7-21-19(23)22-17(24)11-16-18-13(5-9-25-16)6-10-26-18/h1-4,6-8,10,16H,5,9,11-12H2,(H,21,22,24)/t16-/m1/s1. The average molecular weight is 388 g/mol. The van der Waals surface area contributed by atoms with E-state index in [2.05, 4.69) is 21.7 Å². The third kappa shape index (κ3) is 3.67. The Labute approximate surface area is 160 Å². The number of aromatic nitrogens is 2. The lowest BCUT2D eigenvalue weighted by Crippen LogP contribution is -2.22. The predicted octanol–water partition coefficient (Wildman–Crippen LogP) is 4.29. The fraction of sp³-hybridized carbons (Fsp3) is 0.263. The van der Waals surface area contributed by atoms with Crippen molar-refractivity contribution in [3.63, 3.8) is 0 Å². The maximum Gasteiger partial charge on any atom is 0.229 e. The number of anilines is 1. The first kappa shape index (κ1) is 17.3. The molecule has 5 nitrogen and oxygen atoms in total. The van der Waals surface area contributed by atoms with E-state index in [1.54, 1.807) is 17.5 Å². The first-order valence-electron chi connectivity index (χ1n) is 8.43. The number of ether oxygens (including phenoxy) is 1. The summed E-state index contributed by atoms with van der Waals surface area (Å²) in [6.07, 6.45) is 4.52.